The molecule has 0 atom stereocenters. The van der Waals surface area contributed by atoms with Gasteiger partial charge in [-0.3, -0.25) is 14.5 Å². The third kappa shape index (κ3) is 3.41. The first-order valence-corrected chi connectivity index (χ1v) is 6.55. The molecule has 2 aromatic heterocycles. The van der Waals surface area contributed by atoms with E-state index in [4.69, 9.17) is 11.6 Å². The molecule has 0 amide bonds. The van der Waals surface area contributed by atoms with Gasteiger partial charge in [0, 0.05) is 37.3 Å². The van der Waals surface area contributed by atoms with Crippen LogP contribution in [-0.4, -0.2) is 20.5 Å². The lowest BCUT2D eigenvalue weighted by Crippen LogP contribution is -2.06. The standard InChI is InChI=1S/C14H16ClN3O/c1-10-13(14(15)18(2)17-10)9-12(19)7-6-11-5-3-4-8-16-11/h3-5,8H,6-7,9H2,1-2H3. The number of rotatable bonds is 5. The number of hydrogen-bond acceptors (Lipinski definition) is 3. The zero-order valence-electron chi connectivity index (χ0n) is 11.1. The van der Waals surface area contributed by atoms with E-state index in [2.05, 4.69) is 10.1 Å². The number of hydrogen-bond donors (Lipinski definition) is 0. The molecule has 2 rings (SSSR count). The predicted molar refractivity (Wildman–Crippen MR) is 74.2 cm³/mol. The van der Waals surface area contributed by atoms with Crippen LogP contribution in [0.5, 0.6) is 0 Å². The van der Waals surface area contributed by atoms with Gasteiger partial charge in [0.05, 0.1) is 5.69 Å². The van der Waals surface area contributed by atoms with Crippen molar-refractivity contribution >= 4 is 17.4 Å². The summed E-state index contributed by atoms with van der Waals surface area (Å²) in [5.41, 5.74) is 2.58. The second-order valence-electron chi connectivity index (χ2n) is 4.51. The number of aromatic nitrogens is 3. The maximum atomic E-state index is 12.0. The van der Waals surface area contributed by atoms with Crippen molar-refractivity contribution in [1.82, 2.24) is 14.8 Å². The van der Waals surface area contributed by atoms with E-state index in [0.717, 1.165) is 17.0 Å². The van der Waals surface area contributed by atoms with Crippen LogP contribution in [0.3, 0.4) is 0 Å². The van der Waals surface area contributed by atoms with Gasteiger partial charge in [0.2, 0.25) is 0 Å². The van der Waals surface area contributed by atoms with Crippen LogP contribution in [0.4, 0.5) is 0 Å². The summed E-state index contributed by atoms with van der Waals surface area (Å²) < 4.78 is 1.60. The van der Waals surface area contributed by atoms with Crippen molar-refractivity contribution < 1.29 is 4.79 Å². The number of Topliss-reactive ketones (excluding diaryl/α,β-unsaturated/α-hetero) is 1. The van der Waals surface area contributed by atoms with E-state index in [0.29, 0.717) is 24.4 Å². The van der Waals surface area contributed by atoms with Gasteiger partial charge in [0.1, 0.15) is 10.9 Å². The Morgan fingerprint density at radius 1 is 1.42 bits per heavy atom. The molecule has 0 aliphatic heterocycles. The Labute approximate surface area is 117 Å². The lowest BCUT2D eigenvalue weighted by atomic mass is 10.1. The highest BCUT2D eigenvalue weighted by Gasteiger charge is 2.14. The highest BCUT2D eigenvalue weighted by Crippen LogP contribution is 2.19. The van der Waals surface area contributed by atoms with Gasteiger partial charge in [-0.1, -0.05) is 17.7 Å². The van der Waals surface area contributed by atoms with Gasteiger partial charge < -0.3 is 0 Å². The Morgan fingerprint density at radius 3 is 2.79 bits per heavy atom. The number of nitrogens with zero attached hydrogens (tertiary/aromatic N) is 3. The summed E-state index contributed by atoms with van der Waals surface area (Å²) in [6.45, 7) is 1.87. The van der Waals surface area contributed by atoms with E-state index >= 15 is 0 Å². The summed E-state index contributed by atoms with van der Waals surface area (Å²) >= 11 is 6.11. The topological polar surface area (TPSA) is 47.8 Å². The Morgan fingerprint density at radius 2 is 2.21 bits per heavy atom. The van der Waals surface area contributed by atoms with E-state index < -0.39 is 0 Å². The van der Waals surface area contributed by atoms with Crippen LogP contribution in [0.25, 0.3) is 0 Å². The van der Waals surface area contributed by atoms with E-state index in [1.54, 1.807) is 17.9 Å². The van der Waals surface area contributed by atoms with E-state index in [1.807, 2.05) is 25.1 Å². The van der Waals surface area contributed by atoms with Crippen molar-refractivity contribution in [2.24, 2.45) is 7.05 Å². The van der Waals surface area contributed by atoms with Crippen LogP contribution < -0.4 is 0 Å². The molecule has 2 heterocycles. The molecule has 0 fully saturated rings. The predicted octanol–water partition coefficient (Wildman–Crippen LogP) is 2.52. The van der Waals surface area contributed by atoms with E-state index in [1.165, 1.54) is 0 Å². The molecule has 0 aromatic carbocycles. The molecule has 19 heavy (non-hydrogen) atoms. The molecular formula is C14H16ClN3O. The quantitative estimate of drug-likeness (QED) is 0.844. The smallest absolute Gasteiger partial charge is 0.137 e. The molecule has 2 aromatic rings. The molecule has 0 saturated carbocycles. The Hall–Kier alpha value is -1.68. The highest BCUT2D eigenvalue weighted by atomic mass is 35.5. The molecule has 0 unspecified atom stereocenters. The summed E-state index contributed by atoms with van der Waals surface area (Å²) in [7, 11) is 1.77. The van der Waals surface area contributed by atoms with Crippen LogP contribution in [0, 0.1) is 6.92 Å². The molecule has 4 nitrogen and oxygen atoms in total. The van der Waals surface area contributed by atoms with Gasteiger partial charge in [-0.25, -0.2) is 0 Å². The van der Waals surface area contributed by atoms with Crippen molar-refractivity contribution in [2.75, 3.05) is 0 Å². The van der Waals surface area contributed by atoms with Crippen LogP contribution in [-0.2, 0) is 24.7 Å². The van der Waals surface area contributed by atoms with E-state index in [-0.39, 0.29) is 5.78 Å². The summed E-state index contributed by atoms with van der Waals surface area (Å²) in [5, 5.41) is 4.75. The zero-order chi connectivity index (χ0) is 13.8. The molecule has 100 valence electrons. The minimum absolute atomic E-state index is 0.156. The summed E-state index contributed by atoms with van der Waals surface area (Å²) in [4.78, 5) is 16.2. The number of ketones is 1. The second-order valence-corrected chi connectivity index (χ2v) is 4.87. The average Bonchev–Trinajstić information content (AvgIpc) is 2.64. The number of aryl methyl sites for hydroxylation is 3. The minimum Gasteiger partial charge on any atom is -0.299 e. The SMILES string of the molecule is Cc1nn(C)c(Cl)c1CC(=O)CCc1ccccn1. The molecule has 0 bridgehead atoms. The monoisotopic (exact) mass is 277 g/mol. The number of carbonyl (C=O) groups is 1. The van der Waals surface area contributed by atoms with Crippen LogP contribution in [0.1, 0.15) is 23.4 Å². The van der Waals surface area contributed by atoms with Gasteiger partial charge in [-0.15, -0.1) is 0 Å². The van der Waals surface area contributed by atoms with Crippen molar-refractivity contribution in [2.45, 2.75) is 26.2 Å². The molecule has 0 spiro atoms. The molecule has 0 aliphatic carbocycles. The molecule has 5 heteroatoms. The lowest BCUT2D eigenvalue weighted by molar-refractivity contribution is -0.118. The van der Waals surface area contributed by atoms with Gasteiger partial charge >= 0.3 is 0 Å². The Kier molecular flexibility index (Phi) is 4.32. The first-order chi connectivity index (χ1) is 9.08. The summed E-state index contributed by atoms with van der Waals surface area (Å²) in [6, 6.07) is 5.72. The molecule has 0 saturated heterocycles. The van der Waals surface area contributed by atoms with Crippen LogP contribution in [0.2, 0.25) is 5.15 Å². The maximum Gasteiger partial charge on any atom is 0.137 e. The Bertz CT molecular complexity index is 578. The normalized spacial score (nSPS) is 10.7. The fourth-order valence-electron chi connectivity index (χ4n) is 1.97. The van der Waals surface area contributed by atoms with Crippen molar-refractivity contribution in [3.05, 3.63) is 46.5 Å². The fourth-order valence-corrected chi connectivity index (χ4v) is 2.22. The van der Waals surface area contributed by atoms with Gasteiger partial charge in [0.25, 0.3) is 0 Å². The number of carbonyl (C=O) groups excluding carboxylic acids is 1. The summed E-state index contributed by atoms with van der Waals surface area (Å²) in [6.07, 6.45) is 3.21. The Balaban J connectivity index is 1.95. The van der Waals surface area contributed by atoms with Gasteiger partial charge in [0.15, 0.2) is 0 Å². The maximum absolute atomic E-state index is 12.0. The zero-order valence-corrected chi connectivity index (χ0v) is 11.8. The van der Waals surface area contributed by atoms with E-state index in [9.17, 15) is 4.79 Å². The first-order valence-electron chi connectivity index (χ1n) is 6.17. The van der Waals surface area contributed by atoms with Gasteiger partial charge in [-0.05, 0) is 25.5 Å². The first kappa shape index (κ1) is 13.7. The third-order valence-corrected chi connectivity index (χ3v) is 3.50. The molecule has 0 N–H and O–H groups in total. The van der Waals surface area contributed by atoms with Crippen molar-refractivity contribution in [1.29, 1.82) is 0 Å². The van der Waals surface area contributed by atoms with Gasteiger partial charge in [-0.2, -0.15) is 5.10 Å². The molecule has 0 radical (unpaired) electrons. The van der Waals surface area contributed by atoms with Crippen molar-refractivity contribution in [3.8, 4) is 0 Å². The molecular weight excluding hydrogens is 262 g/mol. The largest absolute Gasteiger partial charge is 0.299 e. The second kappa shape index (κ2) is 5.97. The lowest BCUT2D eigenvalue weighted by Gasteiger charge is -2.01. The average molecular weight is 278 g/mol. The summed E-state index contributed by atoms with van der Waals surface area (Å²) in [5.74, 6) is 0.156. The highest BCUT2D eigenvalue weighted by molar-refractivity contribution is 6.30. The minimum atomic E-state index is 0.156. The number of halogens is 1. The van der Waals surface area contributed by atoms with Crippen LogP contribution in [0.15, 0.2) is 24.4 Å². The van der Waals surface area contributed by atoms with Crippen LogP contribution >= 0.6 is 11.6 Å². The third-order valence-electron chi connectivity index (χ3n) is 3.03. The number of pyridine rings is 1. The molecule has 0 aliphatic rings. The van der Waals surface area contributed by atoms with Crippen molar-refractivity contribution in [3.63, 3.8) is 0 Å². The fraction of sp³-hybridized carbons (Fsp3) is 0.357.